The molecule has 1 saturated heterocycles. The number of para-hydroxylation sites is 1. The fraction of sp³-hybridized carbons (Fsp3) is 0.200. The van der Waals surface area contributed by atoms with E-state index in [1.807, 2.05) is 60.7 Å². The zero-order valence-corrected chi connectivity index (χ0v) is 17.0. The first-order valence-electron chi connectivity index (χ1n) is 10.3. The van der Waals surface area contributed by atoms with Gasteiger partial charge in [0.2, 0.25) is 6.10 Å². The molecule has 1 aliphatic heterocycles. The van der Waals surface area contributed by atoms with E-state index >= 15 is 0 Å². The summed E-state index contributed by atoms with van der Waals surface area (Å²) in [5.41, 5.74) is 2.01. The van der Waals surface area contributed by atoms with E-state index in [2.05, 4.69) is 10.6 Å². The molecule has 1 fully saturated rings. The highest BCUT2D eigenvalue weighted by molar-refractivity contribution is 5.96. The molecule has 2 N–H and O–H groups in total. The molecule has 6 heteroatoms. The summed E-state index contributed by atoms with van der Waals surface area (Å²) >= 11 is 0. The van der Waals surface area contributed by atoms with Gasteiger partial charge in [-0.15, -0.1) is 0 Å². The second-order valence-electron chi connectivity index (χ2n) is 7.28. The second kappa shape index (κ2) is 9.91. The number of hydrogen-bond acceptors (Lipinski definition) is 4. The number of amides is 2. The quantitative estimate of drug-likeness (QED) is 0.592. The summed E-state index contributed by atoms with van der Waals surface area (Å²) in [5.74, 6) is 0.180. The third kappa shape index (κ3) is 5.49. The first kappa shape index (κ1) is 20.6. The van der Waals surface area contributed by atoms with E-state index in [0.29, 0.717) is 23.7 Å². The van der Waals surface area contributed by atoms with Gasteiger partial charge < -0.3 is 20.1 Å². The van der Waals surface area contributed by atoms with Crippen molar-refractivity contribution in [2.24, 2.45) is 0 Å². The summed E-state index contributed by atoms with van der Waals surface area (Å²) in [6.45, 7) is 0.622. The Kier molecular flexibility index (Phi) is 6.59. The highest BCUT2D eigenvalue weighted by atomic mass is 16.5. The van der Waals surface area contributed by atoms with Crippen molar-refractivity contribution in [2.75, 3.05) is 17.2 Å². The second-order valence-corrected chi connectivity index (χ2v) is 7.28. The first-order valence-corrected chi connectivity index (χ1v) is 10.3. The number of hydrogen-bond donors (Lipinski definition) is 2. The lowest BCUT2D eigenvalue weighted by atomic mass is 10.1. The van der Waals surface area contributed by atoms with Crippen LogP contribution in [-0.2, 0) is 14.3 Å². The summed E-state index contributed by atoms with van der Waals surface area (Å²) in [6.07, 6.45) is 0.447. The molecule has 3 aromatic rings. The van der Waals surface area contributed by atoms with Crippen LogP contribution in [0.3, 0.4) is 0 Å². The number of anilines is 2. The van der Waals surface area contributed by atoms with Crippen LogP contribution < -0.4 is 15.4 Å². The fourth-order valence-corrected chi connectivity index (χ4v) is 3.39. The molecule has 0 bridgehead atoms. The Hall–Kier alpha value is -3.64. The van der Waals surface area contributed by atoms with Crippen molar-refractivity contribution in [3.8, 4) is 5.75 Å². The molecular formula is C25H24N2O4. The maximum absolute atomic E-state index is 13.0. The average Bonchev–Trinajstić information content (AvgIpc) is 3.35. The molecule has 1 aliphatic rings. The molecule has 158 valence electrons. The van der Waals surface area contributed by atoms with E-state index in [9.17, 15) is 9.59 Å². The van der Waals surface area contributed by atoms with Gasteiger partial charge in [-0.2, -0.15) is 0 Å². The highest BCUT2D eigenvalue weighted by Crippen LogP contribution is 2.24. The molecule has 6 nitrogen and oxygen atoms in total. The number of rotatable bonds is 7. The fourth-order valence-electron chi connectivity index (χ4n) is 3.39. The average molecular weight is 416 g/mol. The van der Waals surface area contributed by atoms with Crippen LogP contribution in [-0.4, -0.2) is 24.5 Å². The molecule has 0 radical (unpaired) electrons. The molecule has 1 heterocycles. The van der Waals surface area contributed by atoms with Crippen LogP contribution in [0.25, 0.3) is 0 Å². The molecule has 0 aliphatic carbocycles. The van der Waals surface area contributed by atoms with Crippen molar-refractivity contribution < 1.29 is 19.1 Å². The number of carbonyl (C=O) groups is 2. The largest absolute Gasteiger partial charge is 0.476 e. The van der Waals surface area contributed by atoms with E-state index in [1.165, 1.54) is 0 Å². The van der Waals surface area contributed by atoms with E-state index in [-0.39, 0.29) is 17.9 Å². The van der Waals surface area contributed by atoms with Crippen molar-refractivity contribution in [3.05, 3.63) is 90.5 Å². The van der Waals surface area contributed by atoms with E-state index in [0.717, 1.165) is 18.4 Å². The Morgan fingerprint density at radius 3 is 2.06 bits per heavy atom. The molecule has 0 unspecified atom stereocenters. The predicted molar refractivity (Wildman–Crippen MR) is 119 cm³/mol. The van der Waals surface area contributed by atoms with E-state index in [4.69, 9.17) is 9.47 Å². The van der Waals surface area contributed by atoms with Crippen LogP contribution in [0.2, 0.25) is 0 Å². The van der Waals surface area contributed by atoms with Gasteiger partial charge in [0.1, 0.15) is 11.9 Å². The summed E-state index contributed by atoms with van der Waals surface area (Å²) in [4.78, 5) is 25.2. The Bertz CT molecular complexity index is 1000. The zero-order valence-electron chi connectivity index (χ0n) is 17.0. The van der Waals surface area contributed by atoms with Gasteiger partial charge in [0.05, 0.1) is 0 Å². The normalized spacial score (nSPS) is 16.3. The van der Waals surface area contributed by atoms with E-state index < -0.39 is 6.10 Å². The van der Waals surface area contributed by atoms with Crippen LogP contribution in [0.15, 0.2) is 84.9 Å². The molecular weight excluding hydrogens is 392 g/mol. The molecule has 31 heavy (non-hydrogen) atoms. The predicted octanol–water partition coefficient (Wildman–Crippen LogP) is 4.56. The summed E-state index contributed by atoms with van der Waals surface area (Å²) in [7, 11) is 0. The Labute approximate surface area is 181 Å². The zero-order chi connectivity index (χ0) is 21.5. The minimum atomic E-state index is -0.803. The van der Waals surface area contributed by atoms with Crippen LogP contribution in [0.5, 0.6) is 5.75 Å². The summed E-state index contributed by atoms with van der Waals surface area (Å²) < 4.78 is 11.4. The molecule has 4 rings (SSSR count). The molecule has 2 atom stereocenters. The standard InChI is InChI=1S/C25H24N2O4/c28-24(22-12-7-17-30-22)26-19-13-15-20(16-14-19)27-25(29)23(18-8-3-1-4-9-18)31-21-10-5-2-6-11-21/h1-6,8-11,13-16,22-23H,7,12,17H2,(H,26,28)(H,27,29)/t22-,23+/m1/s1. The monoisotopic (exact) mass is 416 g/mol. The Balaban J connectivity index is 1.43. The van der Waals surface area contributed by atoms with E-state index in [1.54, 1.807) is 24.3 Å². The van der Waals surface area contributed by atoms with Crippen molar-refractivity contribution >= 4 is 23.2 Å². The Morgan fingerprint density at radius 1 is 0.839 bits per heavy atom. The topological polar surface area (TPSA) is 76.7 Å². The van der Waals surface area contributed by atoms with Gasteiger partial charge in [-0.1, -0.05) is 48.5 Å². The highest BCUT2D eigenvalue weighted by Gasteiger charge is 2.24. The first-order chi connectivity index (χ1) is 15.2. The molecule has 0 saturated carbocycles. The number of nitrogens with one attached hydrogen (secondary N) is 2. The van der Waals surface area contributed by atoms with Gasteiger partial charge in [0, 0.05) is 23.5 Å². The molecule has 2 amide bonds. The lowest BCUT2D eigenvalue weighted by Crippen LogP contribution is -2.27. The molecule has 0 spiro atoms. The number of carbonyl (C=O) groups excluding carboxylic acids is 2. The maximum atomic E-state index is 13.0. The lowest BCUT2D eigenvalue weighted by molar-refractivity contribution is -0.124. The van der Waals surface area contributed by atoms with Gasteiger partial charge in [0.25, 0.3) is 11.8 Å². The van der Waals surface area contributed by atoms with Crippen molar-refractivity contribution in [1.82, 2.24) is 0 Å². The number of benzene rings is 3. The van der Waals surface area contributed by atoms with Crippen LogP contribution in [0.1, 0.15) is 24.5 Å². The summed E-state index contributed by atoms with van der Waals surface area (Å²) in [6, 6.07) is 25.6. The van der Waals surface area contributed by atoms with Crippen molar-refractivity contribution in [1.29, 1.82) is 0 Å². The third-order valence-electron chi connectivity index (χ3n) is 4.98. The lowest BCUT2D eigenvalue weighted by Gasteiger charge is -2.19. The van der Waals surface area contributed by atoms with Crippen LogP contribution in [0.4, 0.5) is 11.4 Å². The minimum absolute atomic E-state index is 0.144. The van der Waals surface area contributed by atoms with Gasteiger partial charge in [-0.05, 0) is 49.2 Å². The number of ether oxygens (including phenoxy) is 2. The summed E-state index contributed by atoms with van der Waals surface area (Å²) in [5, 5.41) is 5.74. The van der Waals surface area contributed by atoms with Gasteiger partial charge >= 0.3 is 0 Å². The third-order valence-corrected chi connectivity index (χ3v) is 4.98. The van der Waals surface area contributed by atoms with Gasteiger partial charge in [0.15, 0.2) is 0 Å². The smallest absolute Gasteiger partial charge is 0.270 e. The van der Waals surface area contributed by atoms with Gasteiger partial charge in [-0.3, -0.25) is 9.59 Å². The SMILES string of the molecule is O=C(Nc1ccc(NC(=O)[C@H]2CCCO2)cc1)[C@@H](Oc1ccccc1)c1ccccc1. The Morgan fingerprint density at radius 2 is 1.45 bits per heavy atom. The van der Waals surface area contributed by atoms with Crippen molar-refractivity contribution in [2.45, 2.75) is 25.0 Å². The molecule has 3 aromatic carbocycles. The van der Waals surface area contributed by atoms with Crippen molar-refractivity contribution in [3.63, 3.8) is 0 Å². The van der Waals surface area contributed by atoms with Crippen LogP contribution >= 0.6 is 0 Å². The van der Waals surface area contributed by atoms with Gasteiger partial charge in [-0.25, -0.2) is 0 Å². The minimum Gasteiger partial charge on any atom is -0.476 e. The maximum Gasteiger partial charge on any atom is 0.270 e. The molecule has 0 aromatic heterocycles. The van der Waals surface area contributed by atoms with Crippen LogP contribution in [0, 0.1) is 0 Å².